The van der Waals surface area contributed by atoms with Crippen LogP contribution in [0.4, 0.5) is 10.6 Å². The van der Waals surface area contributed by atoms with E-state index in [1.54, 1.807) is 27.1 Å². The lowest BCUT2D eigenvalue weighted by Crippen LogP contribution is -2.67. The molecule has 32 heavy (non-hydrogen) atoms. The van der Waals surface area contributed by atoms with Crippen LogP contribution in [0.25, 0.3) is 10.9 Å². The molecule has 1 spiro atoms. The molecule has 1 aliphatic heterocycles. The first-order chi connectivity index (χ1) is 15.0. The summed E-state index contributed by atoms with van der Waals surface area (Å²) < 4.78 is 39.5. The van der Waals surface area contributed by atoms with Crippen LogP contribution in [0.1, 0.15) is 40.5 Å². The Balaban J connectivity index is 1.34. The number of ether oxygens (including phenoxy) is 2. The number of benzene rings is 1. The molecule has 2 aromatic rings. The maximum absolute atomic E-state index is 12.2. The molecular weight excluding hydrogens is 434 g/mol. The van der Waals surface area contributed by atoms with Crippen LogP contribution in [0.5, 0.6) is 5.75 Å². The van der Waals surface area contributed by atoms with Crippen LogP contribution in [-0.4, -0.2) is 55.8 Å². The first kappa shape index (κ1) is 22.5. The van der Waals surface area contributed by atoms with Crippen molar-refractivity contribution in [3.05, 3.63) is 24.5 Å². The fraction of sp³-hybridized carbons (Fsp3) is 0.571. The molecule has 4 rings (SSSR count). The minimum atomic E-state index is -3.98. The van der Waals surface area contributed by atoms with Crippen molar-refractivity contribution in [2.75, 3.05) is 24.6 Å². The van der Waals surface area contributed by atoms with E-state index in [1.165, 1.54) is 0 Å². The molecule has 1 saturated carbocycles. The van der Waals surface area contributed by atoms with Gasteiger partial charge >= 0.3 is 16.3 Å². The molecule has 1 aromatic heterocycles. The van der Waals surface area contributed by atoms with Crippen LogP contribution in [0.3, 0.4) is 0 Å². The number of amides is 1. The van der Waals surface area contributed by atoms with Gasteiger partial charge in [-0.05, 0) is 52.7 Å². The minimum Gasteiger partial charge on any atom is -0.492 e. The fourth-order valence-electron chi connectivity index (χ4n) is 4.47. The summed E-state index contributed by atoms with van der Waals surface area (Å²) in [7, 11) is -3.98. The summed E-state index contributed by atoms with van der Waals surface area (Å²) >= 11 is 0. The van der Waals surface area contributed by atoms with Crippen LogP contribution in [0.2, 0.25) is 0 Å². The van der Waals surface area contributed by atoms with Gasteiger partial charge < -0.3 is 14.4 Å². The van der Waals surface area contributed by atoms with Crippen molar-refractivity contribution in [1.29, 1.82) is 0 Å². The van der Waals surface area contributed by atoms with Gasteiger partial charge in [-0.1, -0.05) is 6.07 Å². The van der Waals surface area contributed by atoms with Crippen LogP contribution >= 0.6 is 0 Å². The summed E-state index contributed by atoms with van der Waals surface area (Å²) in [5, 5.41) is 0.937. The summed E-state index contributed by atoms with van der Waals surface area (Å²) in [6.45, 7) is 9.08. The van der Waals surface area contributed by atoms with Crippen molar-refractivity contribution in [3.63, 3.8) is 0 Å². The molecule has 1 amide bonds. The third kappa shape index (κ3) is 4.73. The molecule has 0 atom stereocenters. The summed E-state index contributed by atoms with van der Waals surface area (Å²) in [6, 6.07) is 5.59. The van der Waals surface area contributed by atoms with E-state index in [1.807, 2.05) is 29.8 Å². The van der Waals surface area contributed by atoms with E-state index in [0.29, 0.717) is 19.4 Å². The summed E-state index contributed by atoms with van der Waals surface area (Å²) in [5.41, 5.74) is 0.0608. The lowest BCUT2D eigenvalue weighted by atomic mass is 9.61. The highest BCUT2D eigenvalue weighted by atomic mass is 32.2. The van der Waals surface area contributed by atoms with Gasteiger partial charge in [0.1, 0.15) is 29.0 Å². The van der Waals surface area contributed by atoms with Gasteiger partial charge in [-0.25, -0.2) is 19.5 Å². The Hall–Kier alpha value is -2.66. The molecule has 2 N–H and O–H groups in total. The van der Waals surface area contributed by atoms with Gasteiger partial charge in [0.15, 0.2) is 0 Å². The Morgan fingerprint density at radius 3 is 2.62 bits per heavy atom. The van der Waals surface area contributed by atoms with Crippen molar-refractivity contribution in [2.24, 2.45) is 5.41 Å². The molecule has 1 saturated heterocycles. The van der Waals surface area contributed by atoms with E-state index in [4.69, 9.17) is 9.47 Å². The highest BCUT2D eigenvalue weighted by Crippen LogP contribution is 2.50. The third-order valence-electron chi connectivity index (χ3n) is 5.56. The SMILES string of the molecule is CCOc1cccc2c(N3CC4(CC(NS(=O)(=O)NC(=O)OC(C)(C)C)C4)C3)ncnc12. The molecule has 1 aliphatic carbocycles. The maximum Gasteiger partial charge on any atom is 0.422 e. The van der Waals surface area contributed by atoms with Gasteiger partial charge in [0, 0.05) is 29.9 Å². The zero-order valence-electron chi connectivity index (χ0n) is 18.7. The lowest BCUT2D eigenvalue weighted by Gasteiger charge is -2.59. The Labute approximate surface area is 187 Å². The number of anilines is 1. The second kappa shape index (κ2) is 8.04. The van der Waals surface area contributed by atoms with Crippen molar-refractivity contribution in [1.82, 2.24) is 19.4 Å². The zero-order valence-corrected chi connectivity index (χ0v) is 19.5. The van der Waals surface area contributed by atoms with Gasteiger partial charge in [0.2, 0.25) is 0 Å². The Kier molecular flexibility index (Phi) is 5.66. The number of carbonyl (C=O) groups is 1. The molecule has 2 fully saturated rings. The van der Waals surface area contributed by atoms with Crippen molar-refractivity contribution in [3.8, 4) is 5.75 Å². The topological polar surface area (TPSA) is 123 Å². The molecule has 1 aromatic carbocycles. The molecule has 10 nitrogen and oxygen atoms in total. The Morgan fingerprint density at radius 1 is 1.25 bits per heavy atom. The number of nitrogens with zero attached hydrogens (tertiary/aromatic N) is 3. The average molecular weight is 464 g/mol. The molecule has 0 unspecified atom stereocenters. The van der Waals surface area contributed by atoms with E-state index in [9.17, 15) is 13.2 Å². The van der Waals surface area contributed by atoms with Gasteiger partial charge in [-0.3, -0.25) is 0 Å². The molecular formula is C21H29N5O5S. The highest BCUT2D eigenvalue weighted by molar-refractivity contribution is 7.88. The number of aromatic nitrogens is 2. The number of para-hydroxylation sites is 1. The molecule has 2 heterocycles. The van der Waals surface area contributed by atoms with Crippen LogP contribution in [0, 0.1) is 5.41 Å². The van der Waals surface area contributed by atoms with Crippen molar-refractivity contribution < 1.29 is 22.7 Å². The molecule has 0 bridgehead atoms. The first-order valence-electron chi connectivity index (χ1n) is 10.6. The number of nitrogens with one attached hydrogen (secondary N) is 2. The average Bonchev–Trinajstić information content (AvgIpc) is 2.60. The summed E-state index contributed by atoms with van der Waals surface area (Å²) in [5.74, 6) is 1.59. The molecule has 174 valence electrons. The van der Waals surface area contributed by atoms with Gasteiger partial charge in [-0.15, -0.1) is 0 Å². The number of carbonyl (C=O) groups excluding carboxylic acids is 1. The van der Waals surface area contributed by atoms with Gasteiger partial charge in [-0.2, -0.15) is 13.1 Å². The predicted octanol–water partition coefficient (Wildman–Crippen LogP) is 2.36. The lowest BCUT2D eigenvalue weighted by molar-refractivity contribution is 0.0548. The van der Waals surface area contributed by atoms with E-state index in [-0.39, 0.29) is 11.5 Å². The second-order valence-electron chi connectivity index (χ2n) is 9.47. The van der Waals surface area contributed by atoms with Gasteiger partial charge in [0.25, 0.3) is 0 Å². The monoisotopic (exact) mass is 463 g/mol. The molecule has 2 aliphatic rings. The van der Waals surface area contributed by atoms with Gasteiger partial charge in [0.05, 0.1) is 6.61 Å². The molecule has 0 radical (unpaired) electrons. The first-order valence-corrected chi connectivity index (χ1v) is 12.1. The Morgan fingerprint density at radius 2 is 1.97 bits per heavy atom. The van der Waals surface area contributed by atoms with E-state index in [0.717, 1.165) is 35.6 Å². The van der Waals surface area contributed by atoms with E-state index >= 15 is 0 Å². The van der Waals surface area contributed by atoms with E-state index in [2.05, 4.69) is 19.6 Å². The minimum absolute atomic E-state index is 0.0495. The second-order valence-corrected chi connectivity index (χ2v) is 10.9. The smallest absolute Gasteiger partial charge is 0.422 e. The summed E-state index contributed by atoms with van der Waals surface area (Å²) in [4.78, 5) is 22.8. The number of hydrogen-bond donors (Lipinski definition) is 2. The fourth-order valence-corrected chi connectivity index (χ4v) is 5.39. The molecule has 11 heteroatoms. The predicted molar refractivity (Wildman–Crippen MR) is 120 cm³/mol. The maximum atomic E-state index is 12.2. The van der Waals surface area contributed by atoms with Crippen LogP contribution in [0.15, 0.2) is 24.5 Å². The normalized spacial score (nSPS) is 18.2. The van der Waals surface area contributed by atoms with E-state index < -0.39 is 21.9 Å². The third-order valence-corrected chi connectivity index (χ3v) is 6.63. The van der Waals surface area contributed by atoms with Crippen LogP contribution in [-0.2, 0) is 14.9 Å². The zero-order chi connectivity index (χ0) is 23.1. The quantitative estimate of drug-likeness (QED) is 0.669. The van der Waals surface area contributed by atoms with Crippen molar-refractivity contribution in [2.45, 2.75) is 52.2 Å². The van der Waals surface area contributed by atoms with Crippen molar-refractivity contribution >= 4 is 33.0 Å². The highest BCUT2D eigenvalue weighted by Gasteiger charge is 2.53. The summed E-state index contributed by atoms with van der Waals surface area (Å²) in [6.07, 6.45) is 1.96. The standard InChI is InChI=1S/C21H29N5O5S/c1-5-30-16-8-6-7-15-17(16)22-13-23-18(15)26-11-21(12-26)9-14(10-21)24-32(28,29)25-19(27)31-20(2,3)4/h6-8,13-14,24H,5,9-12H2,1-4H3,(H,25,27). The van der Waals surface area contributed by atoms with Crippen LogP contribution < -0.4 is 19.1 Å². The number of fused-ring (bicyclic) bond motifs is 1. The largest absolute Gasteiger partial charge is 0.492 e. The number of hydrogen-bond acceptors (Lipinski definition) is 8. The number of rotatable bonds is 6. The Bertz CT molecular complexity index is 1120.